The van der Waals surface area contributed by atoms with Crippen molar-refractivity contribution in [1.82, 2.24) is 20.2 Å². The van der Waals surface area contributed by atoms with Crippen molar-refractivity contribution >= 4 is 11.9 Å². The highest BCUT2D eigenvalue weighted by Crippen LogP contribution is 2.05. The lowest BCUT2D eigenvalue weighted by atomic mass is 10.2. The molecule has 2 aromatic heterocycles. The molecule has 0 spiro atoms. The maximum absolute atomic E-state index is 11.9. The minimum absolute atomic E-state index is 0.165. The van der Waals surface area contributed by atoms with Crippen molar-refractivity contribution in [2.24, 2.45) is 5.73 Å². The highest BCUT2D eigenvalue weighted by molar-refractivity contribution is 6.01. The van der Waals surface area contributed by atoms with Crippen LogP contribution in [-0.4, -0.2) is 26.1 Å². The topological polar surface area (TPSA) is 107 Å². The molecule has 0 bridgehead atoms. The van der Waals surface area contributed by atoms with Crippen molar-refractivity contribution in [2.75, 3.05) is 5.32 Å². The summed E-state index contributed by atoms with van der Waals surface area (Å²) in [6, 6.07) is 3.35. The summed E-state index contributed by atoms with van der Waals surface area (Å²) in [5, 5.41) is 10.2. The third-order valence-corrected chi connectivity index (χ3v) is 2.61. The number of pyridine rings is 1. The maximum Gasteiger partial charge on any atom is 0.276 e. The molecular weight excluding hydrogens is 244 g/mol. The van der Waals surface area contributed by atoms with Gasteiger partial charge in [-0.1, -0.05) is 6.07 Å². The van der Waals surface area contributed by atoms with Gasteiger partial charge < -0.3 is 5.73 Å². The van der Waals surface area contributed by atoms with E-state index in [1.54, 1.807) is 32.2 Å². The smallest absolute Gasteiger partial charge is 0.276 e. The predicted molar refractivity (Wildman–Crippen MR) is 69.4 cm³/mol. The van der Waals surface area contributed by atoms with Crippen molar-refractivity contribution in [2.45, 2.75) is 20.4 Å². The van der Waals surface area contributed by atoms with E-state index in [0.29, 0.717) is 6.54 Å². The number of aryl methyl sites for hydroxylation is 2. The fourth-order valence-electron chi connectivity index (χ4n) is 1.35. The zero-order valence-electron chi connectivity index (χ0n) is 10.7. The molecule has 0 saturated heterocycles. The molecule has 7 heteroatoms. The predicted octanol–water partition coefficient (Wildman–Crippen LogP) is 0.594. The number of hydrogen-bond donors (Lipinski definition) is 2. The Kier molecular flexibility index (Phi) is 3.76. The van der Waals surface area contributed by atoms with Gasteiger partial charge in [0.2, 0.25) is 5.95 Å². The quantitative estimate of drug-likeness (QED) is 0.834. The molecule has 2 heterocycles. The Morgan fingerprint density at radius 2 is 2.05 bits per heavy atom. The van der Waals surface area contributed by atoms with Crippen LogP contribution in [0.5, 0.6) is 0 Å². The molecule has 1 amide bonds. The van der Waals surface area contributed by atoms with Gasteiger partial charge in [-0.05, 0) is 25.5 Å². The molecule has 0 aliphatic carbocycles. The number of carbonyl (C=O) groups excluding carboxylic acids is 1. The minimum atomic E-state index is -0.381. The molecule has 7 nitrogen and oxygen atoms in total. The van der Waals surface area contributed by atoms with Crippen molar-refractivity contribution in [1.29, 1.82) is 0 Å². The van der Waals surface area contributed by atoms with Crippen LogP contribution < -0.4 is 11.1 Å². The van der Waals surface area contributed by atoms with E-state index in [2.05, 4.69) is 25.5 Å². The summed E-state index contributed by atoms with van der Waals surface area (Å²) in [6.07, 6.45) is 1.56. The van der Waals surface area contributed by atoms with Crippen LogP contribution in [0.2, 0.25) is 0 Å². The maximum atomic E-state index is 11.9. The van der Waals surface area contributed by atoms with Crippen LogP contribution in [0.4, 0.5) is 5.95 Å². The first-order valence-corrected chi connectivity index (χ1v) is 5.74. The Bertz CT molecular complexity index is 596. The van der Waals surface area contributed by atoms with E-state index < -0.39 is 0 Å². The lowest BCUT2D eigenvalue weighted by molar-refractivity contribution is 0.102. The number of nitrogens with zero attached hydrogens (tertiary/aromatic N) is 4. The van der Waals surface area contributed by atoms with Crippen molar-refractivity contribution in [3.05, 3.63) is 41.0 Å². The average Bonchev–Trinajstić information content (AvgIpc) is 2.43. The first-order chi connectivity index (χ1) is 9.10. The van der Waals surface area contributed by atoms with Gasteiger partial charge in [0.1, 0.15) is 5.69 Å². The second-order valence-corrected chi connectivity index (χ2v) is 4.02. The molecule has 2 aromatic rings. The first-order valence-electron chi connectivity index (χ1n) is 5.74. The van der Waals surface area contributed by atoms with E-state index in [-0.39, 0.29) is 17.5 Å². The number of amides is 1. The van der Waals surface area contributed by atoms with Gasteiger partial charge in [-0.3, -0.25) is 15.1 Å². The van der Waals surface area contributed by atoms with Crippen LogP contribution in [0.25, 0.3) is 0 Å². The summed E-state index contributed by atoms with van der Waals surface area (Å²) in [4.78, 5) is 20.0. The number of rotatable bonds is 3. The van der Waals surface area contributed by atoms with E-state index in [1.807, 2.05) is 0 Å². The summed E-state index contributed by atoms with van der Waals surface area (Å²) in [6.45, 7) is 3.99. The monoisotopic (exact) mass is 258 g/mol. The number of hydrogen-bond acceptors (Lipinski definition) is 6. The molecule has 0 fully saturated rings. The van der Waals surface area contributed by atoms with Gasteiger partial charge in [-0.2, -0.15) is 5.10 Å². The number of aromatic nitrogens is 4. The molecular formula is C12H14N6O. The lowest BCUT2D eigenvalue weighted by Crippen LogP contribution is -2.17. The molecule has 0 radical (unpaired) electrons. The standard InChI is InChI=1S/C12H14N6O/c1-7-8(2)17-18-12(15-7)16-11(19)10-4-3-9(5-13)6-14-10/h3-4,6H,5,13H2,1-2H3,(H,15,16,18,19). The number of anilines is 1. The van der Waals surface area contributed by atoms with Crippen LogP contribution in [-0.2, 0) is 6.54 Å². The fraction of sp³-hybridized carbons (Fsp3) is 0.250. The number of nitrogens with two attached hydrogens (primary N) is 1. The zero-order chi connectivity index (χ0) is 13.8. The van der Waals surface area contributed by atoms with Crippen LogP contribution in [0.1, 0.15) is 27.4 Å². The third kappa shape index (κ3) is 3.08. The van der Waals surface area contributed by atoms with Gasteiger partial charge in [0.25, 0.3) is 5.91 Å². The normalized spacial score (nSPS) is 10.3. The minimum Gasteiger partial charge on any atom is -0.326 e. The molecule has 0 aliphatic rings. The van der Waals surface area contributed by atoms with Gasteiger partial charge in [-0.25, -0.2) is 4.98 Å². The molecule has 2 rings (SSSR count). The fourth-order valence-corrected chi connectivity index (χ4v) is 1.35. The second kappa shape index (κ2) is 5.49. The number of nitrogens with one attached hydrogen (secondary N) is 1. The molecule has 0 saturated carbocycles. The second-order valence-electron chi connectivity index (χ2n) is 4.02. The van der Waals surface area contributed by atoms with E-state index in [1.165, 1.54) is 0 Å². The Morgan fingerprint density at radius 3 is 2.63 bits per heavy atom. The largest absolute Gasteiger partial charge is 0.326 e. The first kappa shape index (κ1) is 13.0. The molecule has 0 atom stereocenters. The van der Waals surface area contributed by atoms with Crippen LogP contribution in [0.3, 0.4) is 0 Å². The zero-order valence-corrected chi connectivity index (χ0v) is 10.7. The van der Waals surface area contributed by atoms with Gasteiger partial charge in [0.15, 0.2) is 0 Å². The average molecular weight is 258 g/mol. The van der Waals surface area contributed by atoms with Crippen molar-refractivity contribution in [3.8, 4) is 0 Å². The van der Waals surface area contributed by atoms with Crippen molar-refractivity contribution in [3.63, 3.8) is 0 Å². The summed E-state index contributed by atoms with van der Waals surface area (Å²) >= 11 is 0. The molecule has 98 valence electrons. The van der Waals surface area contributed by atoms with Crippen LogP contribution in [0.15, 0.2) is 18.3 Å². The molecule has 3 N–H and O–H groups in total. The Labute approximate surface area is 110 Å². The van der Waals surface area contributed by atoms with Gasteiger partial charge >= 0.3 is 0 Å². The van der Waals surface area contributed by atoms with Crippen LogP contribution in [0, 0.1) is 13.8 Å². The van der Waals surface area contributed by atoms with Crippen LogP contribution >= 0.6 is 0 Å². The summed E-state index contributed by atoms with van der Waals surface area (Å²) in [5.74, 6) is -0.216. The third-order valence-electron chi connectivity index (χ3n) is 2.61. The summed E-state index contributed by atoms with van der Waals surface area (Å²) in [7, 11) is 0. The van der Waals surface area contributed by atoms with E-state index in [9.17, 15) is 4.79 Å². The Balaban J connectivity index is 2.13. The highest BCUT2D eigenvalue weighted by atomic mass is 16.2. The van der Waals surface area contributed by atoms with E-state index in [0.717, 1.165) is 17.0 Å². The van der Waals surface area contributed by atoms with Gasteiger partial charge in [0.05, 0.1) is 11.4 Å². The van der Waals surface area contributed by atoms with Gasteiger partial charge in [0, 0.05) is 12.7 Å². The molecule has 0 aliphatic heterocycles. The molecule has 0 unspecified atom stereocenters. The molecule has 0 aromatic carbocycles. The SMILES string of the molecule is Cc1nnc(NC(=O)c2ccc(CN)cn2)nc1C. The molecule has 19 heavy (non-hydrogen) atoms. The van der Waals surface area contributed by atoms with Gasteiger partial charge in [-0.15, -0.1) is 5.10 Å². The Hall–Kier alpha value is -2.41. The van der Waals surface area contributed by atoms with Crippen molar-refractivity contribution < 1.29 is 4.79 Å². The number of carbonyl (C=O) groups is 1. The van der Waals surface area contributed by atoms with E-state index in [4.69, 9.17) is 5.73 Å². The highest BCUT2D eigenvalue weighted by Gasteiger charge is 2.10. The summed E-state index contributed by atoms with van der Waals surface area (Å²) in [5.41, 5.74) is 8.04. The van der Waals surface area contributed by atoms with E-state index >= 15 is 0 Å². The summed E-state index contributed by atoms with van der Waals surface area (Å²) < 4.78 is 0. The lowest BCUT2D eigenvalue weighted by Gasteiger charge is -2.04. The Morgan fingerprint density at radius 1 is 1.26 bits per heavy atom.